The second-order valence-corrected chi connectivity index (χ2v) is 10.2. The van der Waals surface area contributed by atoms with E-state index in [4.69, 9.17) is 4.74 Å². The van der Waals surface area contributed by atoms with E-state index >= 15 is 0 Å². The number of carboxylic acids is 1. The molecule has 0 aromatic heterocycles. The van der Waals surface area contributed by atoms with Crippen LogP contribution in [-0.2, 0) is 9.53 Å². The number of aliphatic hydroxyl groups excluding tert-OH is 5. The van der Waals surface area contributed by atoms with Gasteiger partial charge < -0.3 is 35.4 Å². The summed E-state index contributed by atoms with van der Waals surface area (Å²) in [5.74, 6) is -0.00350. The number of aliphatic hydroxyl groups is 5. The first kappa shape index (κ1) is 32.0. The fourth-order valence-electron chi connectivity index (χ4n) is 3.64. The molecule has 0 aliphatic heterocycles. The van der Waals surface area contributed by atoms with Crippen molar-refractivity contribution in [2.45, 2.75) is 78.7 Å². The monoisotopic (exact) mass is 476 g/mol. The molecule has 0 bridgehead atoms. The van der Waals surface area contributed by atoms with Crippen LogP contribution in [0.15, 0.2) is 11.6 Å². The average molecular weight is 477 g/mol. The quantitative estimate of drug-likeness (QED) is 0.147. The summed E-state index contributed by atoms with van der Waals surface area (Å²) >= 11 is 0. The SMILES string of the molecule is CC(=CCC(O)C(CO)(COCC(CO)(CO)CO)C(=O)O)CCCC(C)CCCC(C)C. The molecule has 0 heterocycles. The van der Waals surface area contributed by atoms with Crippen LogP contribution < -0.4 is 0 Å². The van der Waals surface area contributed by atoms with Crippen LogP contribution in [0, 0.1) is 22.7 Å². The van der Waals surface area contributed by atoms with Gasteiger partial charge >= 0.3 is 5.97 Å². The molecule has 0 aromatic carbocycles. The van der Waals surface area contributed by atoms with Crippen LogP contribution in [0.5, 0.6) is 0 Å². The Hall–Kier alpha value is -1.03. The summed E-state index contributed by atoms with van der Waals surface area (Å²) < 4.78 is 5.35. The molecule has 196 valence electrons. The van der Waals surface area contributed by atoms with Crippen LogP contribution >= 0.6 is 0 Å². The molecule has 0 saturated heterocycles. The van der Waals surface area contributed by atoms with Crippen LogP contribution in [0.4, 0.5) is 0 Å². The van der Waals surface area contributed by atoms with Crippen LogP contribution in [-0.4, -0.2) is 82.4 Å². The van der Waals surface area contributed by atoms with Gasteiger partial charge in [0.25, 0.3) is 0 Å². The van der Waals surface area contributed by atoms with E-state index in [1.807, 2.05) is 6.92 Å². The van der Waals surface area contributed by atoms with Crippen molar-refractivity contribution in [2.24, 2.45) is 22.7 Å². The Kier molecular flexibility index (Phi) is 16.1. The fraction of sp³-hybridized carbons (Fsp3) is 0.880. The number of hydrogen-bond acceptors (Lipinski definition) is 7. The third-order valence-electron chi connectivity index (χ3n) is 6.56. The second-order valence-electron chi connectivity index (χ2n) is 10.2. The molecule has 0 aromatic rings. The molecular formula is C25H48O8. The lowest BCUT2D eigenvalue weighted by molar-refractivity contribution is -0.171. The third-order valence-corrected chi connectivity index (χ3v) is 6.56. The van der Waals surface area contributed by atoms with Gasteiger partial charge in [-0.3, -0.25) is 4.79 Å². The zero-order valence-corrected chi connectivity index (χ0v) is 21.0. The van der Waals surface area contributed by atoms with Gasteiger partial charge in [-0.2, -0.15) is 0 Å². The van der Waals surface area contributed by atoms with E-state index in [1.165, 1.54) is 19.3 Å². The summed E-state index contributed by atoms with van der Waals surface area (Å²) in [6.45, 7) is 5.35. The lowest BCUT2D eigenvalue weighted by atomic mass is 9.81. The highest BCUT2D eigenvalue weighted by atomic mass is 16.5. The van der Waals surface area contributed by atoms with Crippen molar-refractivity contribution in [2.75, 3.05) is 39.6 Å². The Morgan fingerprint density at radius 2 is 1.48 bits per heavy atom. The first-order chi connectivity index (χ1) is 15.5. The lowest BCUT2D eigenvalue weighted by Gasteiger charge is -2.34. The van der Waals surface area contributed by atoms with E-state index in [-0.39, 0.29) is 13.0 Å². The summed E-state index contributed by atoms with van der Waals surface area (Å²) in [7, 11) is 0. The van der Waals surface area contributed by atoms with E-state index in [2.05, 4.69) is 20.8 Å². The zero-order valence-electron chi connectivity index (χ0n) is 21.0. The van der Waals surface area contributed by atoms with Gasteiger partial charge in [-0.1, -0.05) is 58.1 Å². The summed E-state index contributed by atoms with van der Waals surface area (Å²) in [5, 5.41) is 58.2. The summed E-state index contributed by atoms with van der Waals surface area (Å²) in [5.41, 5.74) is -2.22. The maximum atomic E-state index is 11.9. The lowest BCUT2D eigenvalue weighted by Crippen LogP contribution is -2.50. The molecular weight excluding hydrogens is 428 g/mol. The molecule has 3 atom stereocenters. The van der Waals surface area contributed by atoms with Crippen LogP contribution in [0.25, 0.3) is 0 Å². The molecule has 0 rings (SSSR count). The number of rotatable bonds is 20. The third kappa shape index (κ3) is 11.3. The van der Waals surface area contributed by atoms with Gasteiger partial charge in [0.2, 0.25) is 0 Å². The summed E-state index contributed by atoms with van der Waals surface area (Å²) in [6.07, 6.45) is 7.20. The van der Waals surface area contributed by atoms with Crippen molar-refractivity contribution in [1.29, 1.82) is 0 Å². The normalized spacial score (nSPS) is 16.6. The van der Waals surface area contributed by atoms with Gasteiger partial charge in [0.1, 0.15) is 5.41 Å². The van der Waals surface area contributed by atoms with E-state index < -0.39 is 55.9 Å². The molecule has 0 spiro atoms. The van der Waals surface area contributed by atoms with Gasteiger partial charge in [0, 0.05) is 0 Å². The Bertz CT molecular complexity index is 550. The Balaban J connectivity index is 4.79. The number of carboxylic acid groups (broad SMARTS) is 1. The van der Waals surface area contributed by atoms with Crippen molar-refractivity contribution < 1.29 is 40.2 Å². The van der Waals surface area contributed by atoms with Crippen molar-refractivity contribution in [3.63, 3.8) is 0 Å². The van der Waals surface area contributed by atoms with Gasteiger partial charge in [0.05, 0.1) is 51.2 Å². The average Bonchev–Trinajstić information content (AvgIpc) is 2.78. The minimum absolute atomic E-state index is 0.0527. The Morgan fingerprint density at radius 1 is 0.909 bits per heavy atom. The largest absolute Gasteiger partial charge is 0.481 e. The first-order valence-electron chi connectivity index (χ1n) is 12.1. The molecule has 0 fully saturated rings. The van der Waals surface area contributed by atoms with E-state index in [9.17, 15) is 35.4 Å². The molecule has 6 N–H and O–H groups in total. The van der Waals surface area contributed by atoms with E-state index in [1.54, 1.807) is 6.08 Å². The minimum atomic E-state index is -1.95. The minimum Gasteiger partial charge on any atom is -0.481 e. The van der Waals surface area contributed by atoms with Gasteiger partial charge in [-0.25, -0.2) is 0 Å². The highest BCUT2D eigenvalue weighted by molar-refractivity contribution is 5.76. The fourth-order valence-corrected chi connectivity index (χ4v) is 3.64. The van der Waals surface area contributed by atoms with Gasteiger partial charge in [-0.05, 0) is 38.0 Å². The highest BCUT2D eigenvalue weighted by Gasteiger charge is 2.45. The van der Waals surface area contributed by atoms with Crippen molar-refractivity contribution in [3.8, 4) is 0 Å². The predicted octanol–water partition coefficient (Wildman–Crippen LogP) is 2.36. The molecule has 0 saturated carbocycles. The molecule has 0 aliphatic carbocycles. The molecule has 33 heavy (non-hydrogen) atoms. The molecule has 0 aliphatic rings. The van der Waals surface area contributed by atoms with Crippen molar-refractivity contribution >= 4 is 5.97 Å². The highest BCUT2D eigenvalue weighted by Crippen LogP contribution is 2.28. The number of aliphatic carboxylic acids is 1. The topological polar surface area (TPSA) is 148 Å². The Morgan fingerprint density at radius 3 is 1.97 bits per heavy atom. The molecule has 8 heteroatoms. The van der Waals surface area contributed by atoms with Gasteiger partial charge in [0.15, 0.2) is 0 Å². The number of allylic oxidation sites excluding steroid dienone is 1. The van der Waals surface area contributed by atoms with Crippen LogP contribution in [0.2, 0.25) is 0 Å². The number of carbonyl (C=O) groups is 1. The maximum Gasteiger partial charge on any atom is 0.317 e. The number of ether oxygens (including phenoxy) is 1. The van der Waals surface area contributed by atoms with E-state index in [0.717, 1.165) is 30.8 Å². The number of hydrogen-bond donors (Lipinski definition) is 6. The van der Waals surface area contributed by atoms with Crippen LogP contribution in [0.3, 0.4) is 0 Å². The molecule has 3 unspecified atom stereocenters. The zero-order chi connectivity index (χ0) is 25.5. The molecule has 0 amide bonds. The Labute approximate surface area is 199 Å². The first-order valence-corrected chi connectivity index (χ1v) is 12.1. The molecule has 0 radical (unpaired) electrons. The summed E-state index contributed by atoms with van der Waals surface area (Å²) in [4.78, 5) is 11.9. The summed E-state index contributed by atoms with van der Waals surface area (Å²) in [6, 6.07) is 0. The second kappa shape index (κ2) is 16.6. The van der Waals surface area contributed by atoms with Crippen LogP contribution in [0.1, 0.15) is 72.6 Å². The van der Waals surface area contributed by atoms with Gasteiger partial charge in [-0.15, -0.1) is 0 Å². The standard InChI is InChI=1S/C25H48O8/c1-19(2)7-5-8-20(3)9-6-10-21(4)11-12-22(30)25(16-29,23(31)32)18-33-17-24(13-26,14-27)15-28/h11,19-20,22,26-30H,5-10,12-18H2,1-4H3,(H,31,32). The molecule has 8 nitrogen and oxygen atoms in total. The van der Waals surface area contributed by atoms with Crippen molar-refractivity contribution in [3.05, 3.63) is 11.6 Å². The smallest absolute Gasteiger partial charge is 0.317 e. The van der Waals surface area contributed by atoms with E-state index in [0.29, 0.717) is 5.92 Å². The predicted molar refractivity (Wildman–Crippen MR) is 128 cm³/mol. The maximum absolute atomic E-state index is 11.9. The van der Waals surface area contributed by atoms with Crippen molar-refractivity contribution in [1.82, 2.24) is 0 Å².